The number of aryl methyl sites for hydroxylation is 1. The van der Waals surface area contributed by atoms with Crippen molar-refractivity contribution in [3.8, 4) is 5.75 Å². The van der Waals surface area contributed by atoms with Gasteiger partial charge in [-0.3, -0.25) is 14.3 Å². The maximum atomic E-state index is 12.8. The fourth-order valence-corrected chi connectivity index (χ4v) is 5.31. The number of carbonyl (C=O) groups is 2. The van der Waals surface area contributed by atoms with Gasteiger partial charge in [-0.05, 0) is 43.5 Å². The average Bonchev–Trinajstić information content (AvgIpc) is 3.33. The van der Waals surface area contributed by atoms with Gasteiger partial charge in [-0.1, -0.05) is 25.3 Å². The molecular formula is C23H28N4O3S. The quantitative estimate of drug-likeness (QED) is 0.576. The summed E-state index contributed by atoms with van der Waals surface area (Å²) in [5.74, 6) is 0.305. The number of rotatable bonds is 6. The van der Waals surface area contributed by atoms with E-state index in [2.05, 4.69) is 15.3 Å². The summed E-state index contributed by atoms with van der Waals surface area (Å²) in [6.07, 6.45) is 6.11. The van der Waals surface area contributed by atoms with E-state index < -0.39 is 0 Å². The van der Waals surface area contributed by atoms with Crippen LogP contribution < -0.4 is 15.4 Å². The molecule has 0 radical (unpaired) electrons. The van der Waals surface area contributed by atoms with Gasteiger partial charge in [0, 0.05) is 18.9 Å². The van der Waals surface area contributed by atoms with Gasteiger partial charge >= 0.3 is 0 Å². The zero-order valence-electron chi connectivity index (χ0n) is 18.2. The predicted octanol–water partition coefficient (Wildman–Crippen LogP) is 4.81. The molecule has 31 heavy (non-hydrogen) atoms. The van der Waals surface area contributed by atoms with E-state index in [0.29, 0.717) is 28.9 Å². The molecular weight excluding hydrogens is 412 g/mol. The van der Waals surface area contributed by atoms with E-state index in [4.69, 9.17) is 9.84 Å². The smallest absolute Gasteiger partial charge is 0.261 e. The Hall–Kier alpha value is -2.87. The van der Waals surface area contributed by atoms with Gasteiger partial charge in [-0.25, -0.2) is 0 Å². The number of hydrogen-bond acceptors (Lipinski definition) is 5. The van der Waals surface area contributed by atoms with Crippen molar-refractivity contribution in [3.05, 3.63) is 40.4 Å². The summed E-state index contributed by atoms with van der Waals surface area (Å²) in [5.41, 5.74) is 2.48. The fourth-order valence-electron chi connectivity index (χ4n) is 4.16. The predicted molar refractivity (Wildman–Crippen MR) is 123 cm³/mol. The lowest BCUT2D eigenvalue weighted by Gasteiger charge is -2.22. The Morgan fingerprint density at radius 3 is 2.71 bits per heavy atom. The van der Waals surface area contributed by atoms with Gasteiger partial charge in [-0.2, -0.15) is 5.10 Å². The van der Waals surface area contributed by atoms with Gasteiger partial charge in [-0.15, -0.1) is 11.3 Å². The third kappa shape index (κ3) is 4.58. The van der Waals surface area contributed by atoms with E-state index in [9.17, 15) is 9.59 Å². The Labute approximate surface area is 185 Å². The van der Waals surface area contributed by atoms with E-state index >= 15 is 0 Å². The van der Waals surface area contributed by atoms with E-state index in [0.717, 1.165) is 34.3 Å². The number of methoxy groups -OCH3 is 1. The summed E-state index contributed by atoms with van der Waals surface area (Å²) >= 11 is 1.51. The summed E-state index contributed by atoms with van der Waals surface area (Å²) in [4.78, 5) is 25.9. The molecule has 2 N–H and O–H groups in total. The highest BCUT2D eigenvalue weighted by Gasteiger charge is 2.22. The van der Waals surface area contributed by atoms with Crippen molar-refractivity contribution in [2.75, 3.05) is 12.4 Å². The minimum absolute atomic E-state index is 0.0966. The third-order valence-electron chi connectivity index (χ3n) is 5.74. The van der Waals surface area contributed by atoms with Crippen molar-refractivity contribution >= 4 is 39.1 Å². The van der Waals surface area contributed by atoms with Crippen LogP contribution in [0.2, 0.25) is 0 Å². The number of hydrogen-bond donors (Lipinski definition) is 2. The van der Waals surface area contributed by atoms with Crippen LogP contribution in [0.15, 0.2) is 24.3 Å². The monoisotopic (exact) mass is 440 g/mol. The van der Waals surface area contributed by atoms with Crippen LogP contribution in [0.4, 0.5) is 5.69 Å². The second kappa shape index (κ2) is 9.09. The molecule has 164 valence electrons. The minimum atomic E-state index is -0.161. The molecule has 0 bridgehead atoms. The maximum absolute atomic E-state index is 12.8. The van der Waals surface area contributed by atoms with Crippen LogP contribution in [0, 0.1) is 6.92 Å². The number of amides is 2. The zero-order chi connectivity index (χ0) is 22.0. The number of carbonyl (C=O) groups excluding carboxylic acids is 2. The molecule has 0 aliphatic heterocycles. The molecule has 3 aromatic rings. The van der Waals surface area contributed by atoms with Crippen LogP contribution in [-0.2, 0) is 11.3 Å². The first-order chi connectivity index (χ1) is 15.0. The number of ether oxygens (including phenoxy) is 1. The first kappa shape index (κ1) is 21.4. The second-order valence-electron chi connectivity index (χ2n) is 8.05. The van der Waals surface area contributed by atoms with Crippen LogP contribution >= 0.6 is 11.3 Å². The zero-order valence-corrected chi connectivity index (χ0v) is 19.0. The molecule has 1 aliphatic carbocycles. The summed E-state index contributed by atoms with van der Waals surface area (Å²) < 4.78 is 7.51. The van der Waals surface area contributed by atoms with E-state index in [1.807, 2.05) is 25.1 Å². The Morgan fingerprint density at radius 2 is 2.00 bits per heavy atom. The average molecular weight is 441 g/mol. The van der Waals surface area contributed by atoms with Crippen LogP contribution in [0.5, 0.6) is 5.75 Å². The topological polar surface area (TPSA) is 85.2 Å². The number of nitrogens with zero attached hydrogens (tertiary/aromatic N) is 2. The molecule has 1 aliphatic rings. The number of aromatic nitrogens is 2. The summed E-state index contributed by atoms with van der Waals surface area (Å²) in [6.45, 7) is 3.84. The van der Waals surface area contributed by atoms with E-state index in [-0.39, 0.29) is 11.8 Å². The van der Waals surface area contributed by atoms with Crippen molar-refractivity contribution in [2.45, 2.75) is 58.5 Å². The van der Waals surface area contributed by atoms with E-state index in [1.54, 1.807) is 13.2 Å². The number of nitrogens with one attached hydrogen (secondary N) is 2. The Kier molecular flexibility index (Phi) is 6.27. The molecule has 0 atom stereocenters. The number of benzene rings is 1. The Bertz CT molecular complexity index is 1110. The second-order valence-corrected chi connectivity index (χ2v) is 9.08. The summed E-state index contributed by atoms with van der Waals surface area (Å²) in [5, 5.41) is 11.6. The Morgan fingerprint density at radius 1 is 1.23 bits per heavy atom. The van der Waals surface area contributed by atoms with Crippen molar-refractivity contribution in [1.29, 1.82) is 0 Å². The standard InChI is InChI=1S/C23H28N4O3S/c1-14-18-12-21(31-23(18)27(26-14)17-7-5-4-6-8-17)22(29)24-13-16-9-10-19(25-15(2)28)20(11-16)30-3/h9-12,17H,4-8,13H2,1-3H3,(H,24,29)(H,25,28). The van der Waals surface area contributed by atoms with Crippen LogP contribution in [-0.4, -0.2) is 28.7 Å². The van der Waals surface area contributed by atoms with Gasteiger partial charge in [0.25, 0.3) is 5.91 Å². The highest BCUT2D eigenvalue weighted by Crippen LogP contribution is 2.35. The van der Waals surface area contributed by atoms with Crippen LogP contribution in [0.3, 0.4) is 0 Å². The van der Waals surface area contributed by atoms with Gasteiger partial charge in [0.2, 0.25) is 5.91 Å². The molecule has 1 fully saturated rings. The molecule has 2 heterocycles. The van der Waals surface area contributed by atoms with Crippen LogP contribution in [0.1, 0.15) is 66.0 Å². The lowest BCUT2D eigenvalue weighted by Crippen LogP contribution is -2.22. The SMILES string of the molecule is COc1cc(CNC(=O)c2cc3c(C)nn(C4CCCCC4)c3s2)ccc1NC(C)=O. The lowest BCUT2D eigenvalue weighted by atomic mass is 9.96. The van der Waals surface area contributed by atoms with Crippen molar-refractivity contribution in [1.82, 2.24) is 15.1 Å². The number of anilines is 1. The summed E-state index contributed by atoms with van der Waals surface area (Å²) in [6, 6.07) is 7.86. The highest BCUT2D eigenvalue weighted by atomic mass is 32.1. The van der Waals surface area contributed by atoms with E-state index in [1.165, 1.54) is 37.5 Å². The largest absolute Gasteiger partial charge is 0.495 e. The molecule has 0 spiro atoms. The third-order valence-corrected chi connectivity index (χ3v) is 6.87. The van der Waals surface area contributed by atoms with Crippen LogP contribution in [0.25, 0.3) is 10.2 Å². The molecule has 2 aromatic heterocycles. The maximum Gasteiger partial charge on any atom is 0.261 e. The number of thiophene rings is 1. The molecule has 0 saturated heterocycles. The van der Waals surface area contributed by atoms with Crippen molar-refractivity contribution in [3.63, 3.8) is 0 Å². The van der Waals surface area contributed by atoms with Gasteiger partial charge in [0.05, 0.1) is 29.4 Å². The first-order valence-electron chi connectivity index (χ1n) is 10.7. The lowest BCUT2D eigenvalue weighted by molar-refractivity contribution is -0.114. The molecule has 4 rings (SSSR count). The Balaban J connectivity index is 1.48. The normalized spacial score (nSPS) is 14.5. The molecule has 1 aromatic carbocycles. The molecule has 2 amide bonds. The first-order valence-corrected chi connectivity index (χ1v) is 11.5. The highest BCUT2D eigenvalue weighted by molar-refractivity contribution is 7.20. The molecule has 1 saturated carbocycles. The van der Waals surface area contributed by atoms with Crippen molar-refractivity contribution < 1.29 is 14.3 Å². The molecule has 7 nitrogen and oxygen atoms in total. The van der Waals surface area contributed by atoms with Gasteiger partial charge in [0.1, 0.15) is 10.6 Å². The fraction of sp³-hybridized carbons (Fsp3) is 0.435. The van der Waals surface area contributed by atoms with Gasteiger partial charge < -0.3 is 15.4 Å². The minimum Gasteiger partial charge on any atom is -0.495 e. The molecule has 0 unspecified atom stereocenters. The van der Waals surface area contributed by atoms with Gasteiger partial charge in [0.15, 0.2) is 0 Å². The number of fused-ring (bicyclic) bond motifs is 1. The molecule has 8 heteroatoms. The summed E-state index contributed by atoms with van der Waals surface area (Å²) in [7, 11) is 1.55. The van der Waals surface area contributed by atoms with Crippen molar-refractivity contribution in [2.24, 2.45) is 0 Å².